The molecule has 1 aliphatic heterocycles. The second-order valence-electron chi connectivity index (χ2n) is 8.99. The van der Waals surface area contributed by atoms with Gasteiger partial charge in [0.25, 0.3) is 0 Å². The standard InChI is InChI=1S/C23H29ClN4O3/c1-22(2,3)31-21(29)27-18-10-9-15(13-19(18)30-4)23(24)17-11-12-28(16-7-5-6-8-16)20(17)25-14-26-23/h9-14,16H,5-8H2,1-4H3,(H,25,26)(H,27,29). The quantitative estimate of drug-likeness (QED) is 0.458. The third kappa shape index (κ3) is 4.24. The van der Waals surface area contributed by atoms with E-state index in [1.807, 2.05) is 32.9 Å². The van der Waals surface area contributed by atoms with Gasteiger partial charge in [0, 0.05) is 23.4 Å². The smallest absolute Gasteiger partial charge is 0.412 e. The van der Waals surface area contributed by atoms with Crippen molar-refractivity contribution in [3.63, 3.8) is 0 Å². The Kier molecular flexibility index (Phi) is 5.64. The summed E-state index contributed by atoms with van der Waals surface area (Å²) in [5.74, 6) is 1.46. The van der Waals surface area contributed by atoms with Gasteiger partial charge >= 0.3 is 6.09 Å². The Bertz CT molecular complexity index is 1000. The van der Waals surface area contributed by atoms with Crippen LogP contribution in [0.3, 0.4) is 0 Å². The fourth-order valence-electron chi connectivity index (χ4n) is 4.25. The highest BCUT2D eigenvalue weighted by molar-refractivity contribution is 6.27. The summed E-state index contributed by atoms with van der Waals surface area (Å²) in [6.07, 6.45) is 8.05. The zero-order valence-corrected chi connectivity index (χ0v) is 19.1. The number of nitrogens with one attached hydrogen (secondary N) is 2. The van der Waals surface area contributed by atoms with Crippen molar-refractivity contribution in [3.05, 3.63) is 41.6 Å². The lowest BCUT2D eigenvalue weighted by atomic mass is 9.98. The summed E-state index contributed by atoms with van der Waals surface area (Å²) < 4.78 is 13.1. The third-order valence-corrected chi connectivity index (χ3v) is 6.17. The first-order chi connectivity index (χ1) is 14.7. The number of halogens is 1. The van der Waals surface area contributed by atoms with Gasteiger partial charge in [-0.25, -0.2) is 9.79 Å². The topological polar surface area (TPSA) is 76.9 Å². The molecule has 1 amide bonds. The molecule has 4 rings (SSSR count). The van der Waals surface area contributed by atoms with E-state index in [-0.39, 0.29) is 0 Å². The molecular weight excluding hydrogens is 416 g/mol. The molecule has 0 bridgehead atoms. The van der Waals surface area contributed by atoms with E-state index in [0.29, 0.717) is 17.5 Å². The van der Waals surface area contributed by atoms with Crippen LogP contribution < -0.4 is 15.4 Å². The van der Waals surface area contributed by atoms with Crippen molar-refractivity contribution in [2.75, 3.05) is 17.7 Å². The molecule has 166 valence electrons. The van der Waals surface area contributed by atoms with E-state index < -0.39 is 16.7 Å². The van der Waals surface area contributed by atoms with E-state index in [9.17, 15) is 4.79 Å². The number of rotatable bonds is 4. The number of aromatic nitrogens is 1. The second kappa shape index (κ2) is 8.11. The van der Waals surface area contributed by atoms with Crippen molar-refractivity contribution in [2.24, 2.45) is 4.99 Å². The SMILES string of the molecule is COc1cc(C2(Cl)N=CNc3c2ccn3C2CCCC2)ccc1NC(=O)OC(C)(C)C. The molecule has 1 saturated carbocycles. The van der Waals surface area contributed by atoms with Crippen molar-refractivity contribution in [3.8, 4) is 5.75 Å². The summed E-state index contributed by atoms with van der Waals surface area (Å²) in [6.45, 7) is 5.44. The van der Waals surface area contributed by atoms with Crippen LogP contribution in [0.2, 0.25) is 0 Å². The number of nitrogens with zero attached hydrogens (tertiary/aromatic N) is 2. The molecule has 0 radical (unpaired) electrons. The number of benzene rings is 1. The van der Waals surface area contributed by atoms with Gasteiger partial charge in [-0.1, -0.05) is 30.5 Å². The molecule has 2 heterocycles. The van der Waals surface area contributed by atoms with Crippen LogP contribution in [-0.2, 0) is 9.73 Å². The number of anilines is 2. The number of aliphatic imine (C=N–C) groups is 1. The lowest BCUT2D eigenvalue weighted by molar-refractivity contribution is 0.0635. The van der Waals surface area contributed by atoms with Crippen LogP contribution in [0.15, 0.2) is 35.5 Å². The van der Waals surface area contributed by atoms with E-state index in [4.69, 9.17) is 21.1 Å². The molecule has 31 heavy (non-hydrogen) atoms. The minimum absolute atomic E-state index is 0.480. The second-order valence-corrected chi connectivity index (χ2v) is 9.54. The molecule has 1 aromatic heterocycles. The highest BCUT2D eigenvalue weighted by Crippen LogP contribution is 2.47. The number of carbonyl (C=O) groups excluding carboxylic acids is 1. The fraction of sp³-hybridized carbons (Fsp3) is 0.478. The molecule has 0 saturated heterocycles. The number of methoxy groups -OCH3 is 1. The number of ether oxygens (including phenoxy) is 2. The molecule has 2 N–H and O–H groups in total. The predicted octanol–water partition coefficient (Wildman–Crippen LogP) is 5.85. The predicted molar refractivity (Wildman–Crippen MR) is 124 cm³/mol. The first-order valence-electron chi connectivity index (χ1n) is 10.6. The molecule has 2 aliphatic rings. The highest BCUT2D eigenvalue weighted by atomic mass is 35.5. The number of alkyl halides is 1. The fourth-order valence-corrected chi connectivity index (χ4v) is 4.57. The van der Waals surface area contributed by atoms with Gasteiger partial charge in [0.05, 0.1) is 19.1 Å². The van der Waals surface area contributed by atoms with Crippen LogP contribution in [0, 0.1) is 0 Å². The summed E-state index contributed by atoms with van der Waals surface area (Å²) in [7, 11) is 1.55. The van der Waals surface area contributed by atoms with Crippen molar-refractivity contribution >= 4 is 35.5 Å². The Morgan fingerprint density at radius 2 is 2.03 bits per heavy atom. The Labute approximate surface area is 187 Å². The van der Waals surface area contributed by atoms with Gasteiger partial charge in [0.15, 0.2) is 5.00 Å². The summed E-state index contributed by atoms with van der Waals surface area (Å²) in [6, 6.07) is 7.93. The first kappa shape index (κ1) is 21.6. The molecule has 1 unspecified atom stereocenters. The molecular formula is C23H29ClN4O3. The minimum atomic E-state index is -1.08. The van der Waals surface area contributed by atoms with E-state index in [1.54, 1.807) is 25.6 Å². The average Bonchev–Trinajstić information content (AvgIpc) is 3.37. The molecule has 1 aliphatic carbocycles. The highest BCUT2D eigenvalue weighted by Gasteiger charge is 2.38. The van der Waals surface area contributed by atoms with Crippen LogP contribution in [0.25, 0.3) is 0 Å². The number of hydrogen-bond acceptors (Lipinski definition) is 5. The molecule has 1 atom stereocenters. The van der Waals surface area contributed by atoms with Gasteiger partial charge in [-0.15, -0.1) is 0 Å². The van der Waals surface area contributed by atoms with Crippen LogP contribution in [0.1, 0.15) is 63.6 Å². The molecule has 8 heteroatoms. The van der Waals surface area contributed by atoms with Crippen LogP contribution >= 0.6 is 11.6 Å². The van der Waals surface area contributed by atoms with Crippen LogP contribution in [-0.4, -0.2) is 29.7 Å². The lowest BCUT2D eigenvalue weighted by Crippen LogP contribution is -2.27. The zero-order chi connectivity index (χ0) is 22.2. The molecule has 0 spiro atoms. The Hall–Kier alpha value is -2.67. The van der Waals surface area contributed by atoms with Gasteiger partial charge < -0.3 is 19.4 Å². The van der Waals surface area contributed by atoms with Crippen molar-refractivity contribution in [1.82, 2.24) is 4.57 Å². The van der Waals surface area contributed by atoms with Crippen LogP contribution in [0.4, 0.5) is 16.3 Å². The molecule has 2 aromatic rings. The summed E-state index contributed by atoms with van der Waals surface area (Å²) in [5, 5.41) is 6.02. The van der Waals surface area contributed by atoms with E-state index in [2.05, 4.69) is 26.4 Å². The van der Waals surface area contributed by atoms with Gasteiger partial charge in [-0.2, -0.15) is 0 Å². The third-order valence-electron chi connectivity index (χ3n) is 5.65. The van der Waals surface area contributed by atoms with E-state index in [0.717, 1.165) is 16.9 Å². The summed E-state index contributed by atoms with van der Waals surface area (Å²) in [5.41, 5.74) is 1.56. The van der Waals surface area contributed by atoms with E-state index in [1.165, 1.54) is 25.7 Å². The van der Waals surface area contributed by atoms with Crippen molar-refractivity contribution in [1.29, 1.82) is 0 Å². The summed E-state index contributed by atoms with van der Waals surface area (Å²) >= 11 is 7.11. The number of amides is 1. The lowest BCUT2D eigenvalue weighted by Gasteiger charge is -2.29. The van der Waals surface area contributed by atoms with Crippen molar-refractivity contribution in [2.45, 2.75) is 63.1 Å². The maximum atomic E-state index is 12.2. The zero-order valence-electron chi connectivity index (χ0n) is 18.4. The largest absolute Gasteiger partial charge is 0.495 e. The minimum Gasteiger partial charge on any atom is -0.495 e. The molecule has 1 aromatic carbocycles. The van der Waals surface area contributed by atoms with Gasteiger partial charge in [-0.3, -0.25) is 5.32 Å². The number of fused-ring (bicyclic) bond motifs is 1. The normalized spacial score (nSPS) is 20.8. The van der Waals surface area contributed by atoms with Gasteiger partial charge in [-0.05, 0) is 51.8 Å². The van der Waals surface area contributed by atoms with E-state index >= 15 is 0 Å². The molecule has 7 nitrogen and oxygen atoms in total. The summed E-state index contributed by atoms with van der Waals surface area (Å²) in [4.78, 5) is 15.7. The Morgan fingerprint density at radius 1 is 1.29 bits per heavy atom. The first-order valence-corrected chi connectivity index (χ1v) is 11.0. The monoisotopic (exact) mass is 444 g/mol. The van der Waals surface area contributed by atoms with Crippen LogP contribution in [0.5, 0.6) is 5.75 Å². The number of hydrogen-bond donors (Lipinski definition) is 2. The number of carbonyl (C=O) groups is 1. The maximum Gasteiger partial charge on any atom is 0.412 e. The Balaban J connectivity index is 1.64. The van der Waals surface area contributed by atoms with Gasteiger partial charge in [0.1, 0.15) is 17.2 Å². The van der Waals surface area contributed by atoms with Gasteiger partial charge in [0.2, 0.25) is 0 Å². The average molecular weight is 445 g/mol. The Morgan fingerprint density at radius 3 is 2.71 bits per heavy atom. The maximum absolute atomic E-state index is 12.2. The molecule has 1 fully saturated rings. The van der Waals surface area contributed by atoms with Crippen molar-refractivity contribution < 1.29 is 14.3 Å².